The van der Waals surface area contributed by atoms with Crippen molar-refractivity contribution in [3.8, 4) is 11.8 Å². The summed E-state index contributed by atoms with van der Waals surface area (Å²) in [7, 11) is 1.52. The fraction of sp³-hybridized carbons (Fsp3) is 0.500. The number of urea groups is 1. The van der Waals surface area contributed by atoms with E-state index in [9.17, 15) is 4.79 Å². The second-order valence-corrected chi connectivity index (χ2v) is 5.36. The number of methoxy groups -OCH3 is 1. The summed E-state index contributed by atoms with van der Waals surface area (Å²) in [5.74, 6) is 0.514. The van der Waals surface area contributed by atoms with E-state index in [2.05, 4.69) is 22.5 Å². The molecule has 7 heteroatoms. The summed E-state index contributed by atoms with van der Waals surface area (Å²) >= 11 is 0. The van der Waals surface area contributed by atoms with E-state index in [1.807, 2.05) is 6.07 Å². The normalized spacial score (nSPS) is 16.2. The highest BCUT2D eigenvalue weighted by atomic mass is 16.5. The molecule has 23 heavy (non-hydrogen) atoms. The number of amides is 2. The van der Waals surface area contributed by atoms with Crippen LogP contribution >= 0.6 is 0 Å². The van der Waals surface area contributed by atoms with Crippen molar-refractivity contribution in [2.75, 3.05) is 45.3 Å². The van der Waals surface area contributed by atoms with Crippen molar-refractivity contribution in [2.45, 2.75) is 13.0 Å². The molecule has 2 rings (SSSR count). The molecule has 1 saturated heterocycles. The van der Waals surface area contributed by atoms with E-state index in [4.69, 9.17) is 14.7 Å². The van der Waals surface area contributed by atoms with Crippen LogP contribution < -0.4 is 15.4 Å². The maximum atomic E-state index is 12.1. The SMILES string of the molecule is COc1ccc(C#N)cc1NC(=O)NC[C@@H](C)N1CCOCC1. The first-order valence-corrected chi connectivity index (χ1v) is 7.59. The van der Waals surface area contributed by atoms with Gasteiger partial charge < -0.3 is 20.1 Å². The van der Waals surface area contributed by atoms with Crippen LogP contribution in [0.2, 0.25) is 0 Å². The third-order valence-electron chi connectivity index (χ3n) is 3.80. The standard InChI is InChI=1S/C16H22N4O3/c1-12(20-5-7-23-8-6-20)11-18-16(21)19-14-9-13(10-17)3-4-15(14)22-2/h3-4,9,12H,5-8,11H2,1-2H3,(H2,18,19,21)/t12-/m1/s1. The Bertz CT molecular complexity index is 579. The zero-order chi connectivity index (χ0) is 16.7. The van der Waals surface area contributed by atoms with Gasteiger partial charge in [0.2, 0.25) is 0 Å². The summed E-state index contributed by atoms with van der Waals surface area (Å²) in [5, 5.41) is 14.5. The van der Waals surface area contributed by atoms with Gasteiger partial charge in [0.15, 0.2) is 0 Å². The van der Waals surface area contributed by atoms with E-state index in [0.717, 1.165) is 26.3 Å². The molecule has 0 aromatic heterocycles. The number of morpholine rings is 1. The molecular weight excluding hydrogens is 296 g/mol. The molecule has 1 aromatic carbocycles. The van der Waals surface area contributed by atoms with E-state index < -0.39 is 0 Å². The molecule has 1 fully saturated rings. The smallest absolute Gasteiger partial charge is 0.319 e. The van der Waals surface area contributed by atoms with Gasteiger partial charge >= 0.3 is 6.03 Å². The number of ether oxygens (including phenoxy) is 2. The number of hydrogen-bond acceptors (Lipinski definition) is 5. The molecular formula is C16H22N4O3. The van der Waals surface area contributed by atoms with Crippen LogP contribution in [-0.4, -0.2) is 56.9 Å². The third kappa shape index (κ3) is 4.84. The lowest BCUT2D eigenvalue weighted by molar-refractivity contribution is 0.0209. The highest BCUT2D eigenvalue weighted by Gasteiger charge is 2.17. The minimum atomic E-state index is -0.321. The average molecular weight is 318 g/mol. The molecule has 7 nitrogen and oxygen atoms in total. The van der Waals surface area contributed by atoms with Crippen LogP contribution in [0.15, 0.2) is 18.2 Å². The number of rotatable bonds is 5. The Kier molecular flexibility index (Phi) is 6.20. The summed E-state index contributed by atoms with van der Waals surface area (Å²) in [4.78, 5) is 14.3. The van der Waals surface area contributed by atoms with E-state index >= 15 is 0 Å². The summed E-state index contributed by atoms with van der Waals surface area (Å²) in [5.41, 5.74) is 0.936. The summed E-state index contributed by atoms with van der Waals surface area (Å²) in [6.45, 7) is 5.82. The number of nitrogens with zero attached hydrogens (tertiary/aromatic N) is 2. The molecule has 1 aromatic rings. The molecule has 0 unspecified atom stereocenters. The van der Waals surface area contributed by atoms with Gasteiger partial charge in [0.1, 0.15) is 5.75 Å². The summed E-state index contributed by atoms with van der Waals surface area (Å²) in [6, 6.07) is 6.84. The highest BCUT2D eigenvalue weighted by Crippen LogP contribution is 2.25. The number of carbonyl (C=O) groups is 1. The van der Waals surface area contributed by atoms with Crippen molar-refractivity contribution in [1.82, 2.24) is 10.2 Å². The second kappa shape index (κ2) is 8.36. The van der Waals surface area contributed by atoms with E-state index in [1.165, 1.54) is 7.11 Å². The third-order valence-corrected chi connectivity index (χ3v) is 3.80. The topological polar surface area (TPSA) is 86.6 Å². The molecule has 1 atom stereocenters. The van der Waals surface area contributed by atoms with Crippen molar-refractivity contribution in [3.63, 3.8) is 0 Å². The average Bonchev–Trinajstić information content (AvgIpc) is 2.60. The number of hydrogen-bond donors (Lipinski definition) is 2. The van der Waals surface area contributed by atoms with E-state index in [0.29, 0.717) is 23.5 Å². The molecule has 0 saturated carbocycles. The van der Waals surface area contributed by atoms with Gasteiger partial charge in [-0.15, -0.1) is 0 Å². The van der Waals surface area contributed by atoms with Crippen LogP contribution in [0.3, 0.4) is 0 Å². The Labute approximate surface area is 136 Å². The van der Waals surface area contributed by atoms with Crippen LogP contribution in [0.1, 0.15) is 12.5 Å². The fourth-order valence-corrected chi connectivity index (χ4v) is 2.43. The maximum absolute atomic E-state index is 12.1. The first-order chi connectivity index (χ1) is 11.1. The molecule has 0 aliphatic carbocycles. The van der Waals surface area contributed by atoms with Crippen molar-refractivity contribution >= 4 is 11.7 Å². The van der Waals surface area contributed by atoms with Gasteiger partial charge in [-0.05, 0) is 25.1 Å². The zero-order valence-electron chi connectivity index (χ0n) is 13.5. The minimum absolute atomic E-state index is 0.233. The Morgan fingerprint density at radius 2 is 2.22 bits per heavy atom. The first kappa shape index (κ1) is 17.1. The molecule has 0 radical (unpaired) electrons. The molecule has 2 N–H and O–H groups in total. The van der Waals surface area contributed by atoms with Crippen LogP contribution in [-0.2, 0) is 4.74 Å². The van der Waals surface area contributed by atoms with Gasteiger partial charge in [0, 0.05) is 25.7 Å². The predicted octanol–water partition coefficient (Wildman–Crippen LogP) is 1.41. The van der Waals surface area contributed by atoms with Gasteiger partial charge in [-0.3, -0.25) is 4.90 Å². The van der Waals surface area contributed by atoms with Crippen molar-refractivity contribution < 1.29 is 14.3 Å². The van der Waals surface area contributed by atoms with Crippen LogP contribution in [0, 0.1) is 11.3 Å². The van der Waals surface area contributed by atoms with Gasteiger partial charge in [-0.1, -0.05) is 0 Å². The van der Waals surface area contributed by atoms with Crippen LogP contribution in [0.4, 0.5) is 10.5 Å². The number of benzene rings is 1. The Morgan fingerprint density at radius 1 is 1.48 bits per heavy atom. The molecule has 124 valence electrons. The molecule has 2 amide bonds. The number of anilines is 1. The second-order valence-electron chi connectivity index (χ2n) is 5.36. The van der Waals surface area contributed by atoms with Gasteiger partial charge in [0.25, 0.3) is 0 Å². The van der Waals surface area contributed by atoms with E-state index in [-0.39, 0.29) is 12.1 Å². The minimum Gasteiger partial charge on any atom is -0.495 e. The van der Waals surface area contributed by atoms with E-state index in [1.54, 1.807) is 18.2 Å². The number of carbonyl (C=O) groups excluding carboxylic acids is 1. The molecule has 1 aliphatic heterocycles. The predicted molar refractivity (Wildman–Crippen MR) is 86.6 cm³/mol. The number of nitrogens with one attached hydrogen (secondary N) is 2. The Morgan fingerprint density at radius 3 is 2.87 bits per heavy atom. The zero-order valence-corrected chi connectivity index (χ0v) is 13.5. The Balaban J connectivity index is 1.88. The lowest BCUT2D eigenvalue weighted by Gasteiger charge is -2.32. The lowest BCUT2D eigenvalue weighted by atomic mass is 10.2. The van der Waals surface area contributed by atoms with Crippen molar-refractivity contribution in [2.24, 2.45) is 0 Å². The van der Waals surface area contributed by atoms with Gasteiger partial charge in [0.05, 0.1) is 37.6 Å². The quantitative estimate of drug-likeness (QED) is 0.857. The Hall–Kier alpha value is -2.30. The molecule has 1 aliphatic rings. The summed E-state index contributed by atoms with van der Waals surface area (Å²) < 4.78 is 10.5. The molecule has 0 bridgehead atoms. The van der Waals surface area contributed by atoms with Crippen LogP contribution in [0.5, 0.6) is 5.75 Å². The highest BCUT2D eigenvalue weighted by molar-refractivity contribution is 5.91. The van der Waals surface area contributed by atoms with Crippen LogP contribution in [0.25, 0.3) is 0 Å². The maximum Gasteiger partial charge on any atom is 0.319 e. The monoisotopic (exact) mass is 318 g/mol. The fourth-order valence-electron chi connectivity index (χ4n) is 2.43. The van der Waals surface area contributed by atoms with Gasteiger partial charge in [-0.25, -0.2) is 4.79 Å². The van der Waals surface area contributed by atoms with Crippen molar-refractivity contribution in [1.29, 1.82) is 5.26 Å². The molecule has 1 heterocycles. The lowest BCUT2D eigenvalue weighted by Crippen LogP contribution is -2.47. The largest absolute Gasteiger partial charge is 0.495 e. The van der Waals surface area contributed by atoms with Crippen molar-refractivity contribution in [3.05, 3.63) is 23.8 Å². The number of nitriles is 1. The first-order valence-electron chi connectivity index (χ1n) is 7.59. The summed E-state index contributed by atoms with van der Waals surface area (Å²) in [6.07, 6.45) is 0. The molecule has 0 spiro atoms. The van der Waals surface area contributed by atoms with Gasteiger partial charge in [-0.2, -0.15) is 5.26 Å².